The predicted molar refractivity (Wildman–Crippen MR) is 69.8 cm³/mol. The molecule has 0 spiro atoms. The third-order valence-electron chi connectivity index (χ3n) is 2.84. The van der Waals surface area contributed by atoms with Crippen LogP contribution >= 0.6 is 15.9 Å². The van der Waals surface area contributed by atoms with Crippen molar-refractivity contribution in [1.82, 2.24) is 15.2 Å². The summed E-state index contributed by atoms with van der Waals surface area (Å²) in [5.74, 6) is 0. The molecular weight excluding hydrogens is 282 g/mol. The molecule has 0 bridgehead atoms. The van der Waals surface area contributed by atoms with E-state index >= 15 is 0 Å². The molecule has 1 aliphatic rings. The maximum atomic E-state index is 11.7. The van der Waals surface area contributed by atoms with Gasteiger partial charge in [-0.2, -0.15) is 0 Å². The Morgan fingerprint density at radius 1 is 1.41 bits per heavy atom. The quantitative estimate of drug-likeness (QED) is 0.929. The molecule has 0 radical (unpaired) electrons. The molecule has 17 heavy (non-hydrogen) atoms. The number of hydrogen-bond acceptors (Lipinski definition) is 2. The number of urea groups is 1. The lowest BCUT2D eigenvalue weighted by molar-refractivity contribution is 0.209. The topological polar surface area (TPSA) is 45.2 Å². The Kier molecular flexibility index (Phi) is 4.36. The third kappa shape index (κ3) is 3.70. The highest BCUT2D eigenvalue weighted by molar-refractivity contribution is 9.10. The van der Waals surface area contributed by atoms with Crippen molar-refractivity contribution in [3.05, 3.63) is 28.5 Å². The average Bonchev–Trinajstić information content (AvgIpc) is 2.85. The zero-order chi connectivity index (χ0) is 12.1. The first-order valence-electron chi connectivity index (χ1n) is 5.89. The van der Waals surface area contributed by atoms with Gasteiger partial charge in [-0.05, 0) is 40.9 Å². The molecule has 1 fully saturated rings. The normalized spacial score (nSPS) is 15.0. The summed E-state index contributed by atoms with van der Waals surface area (Å²) in [6, 6.07) is 3.98. The average molecular weight is 298 g/mol. The first-order valence-corrected chi connectivity index (χ1v) is 6.68. The van der Waals surface area contributed by atoms with Gasteiger partial charge < -0.3 is 10.2 Å². The van der Waals surface area contributed by atoms with Crippen LogP contribution in [-0.4, -0.2) is 35.5 Å². The van der Waals surface area contributed by atoms with E-state index in [1.54, 1.807) is 6.20 Å². The highest BCUT2D eigenvalue weighted by Gasteiger charge is 2.16. The van der Waals surface area contributed by atoms with Crippen LogP contribution in [0.3, 0.4) is 0 Å². The van der Waals surface area contributed by atoms with Gasteiger partial charge in [0.2, 0.25) is 0 Å². The minimum absolute atomic E-state index is 0.0552. The smallest absolute Gasteiger partial charge is 0.317 e. The van der Waals surface area contributed by atoms with Crippen molar-refractivity contribution in [3.63, 3.8) is 0 Å². The van der Waals surface area contributed by atoms with E-state index in [4.69, 9.17) is 0 Å². The van der Waals surface area contributed by atoms with Gasteiger partial charge in [0, 0.05) is 42.4 Å². The van der Waals surface area contributed by atoms with Gasteiger partial charge in [-0.3, -0.25) is 4.98 Å². The van der Waals surface area contributed by atoms with Crippen molar-refractivity contribution in [2.75, 3.05) is 19.6 Å². The highest BCUT2D eigenvalue weighted by atomic mass is 79.9. The predicted octanol–water partition coefficient (Wildman–Crippen LogP) is 2.19. The number of rotatable bonds is 3. The van der Waals surface area contributed by atoms with Gasteiger partial charge in [0.05, 0.1) is 0 Å². The zero-order valence-electron chi connectivity index (χ0n) is 9.66. The third-order valence-corrected chi connectivity index (χ3v) is 3.31. The summed E-state index contributed by atoms with van der Waals surface area (Å²) in [5, 5.41) is 2.92. The Hall–Kier alpha value is -1.10. The van der Waals surface area contributed by atoms with Crippen LogP contribution in [0.1, 0.15) is 18.5 Å². The van der Waals surface area contributed by atoms with E-state index < -0.39 is 0 Å². The zero-order valence-corrected chi connectivity index (χ0v) is 11.2. The van der Waals surface area contributed by atoms with Gasteiger partial charge in [-0.1, -0.05) is 0 Å². The number of nitrogens with one attached hydrogen (secondary N) is 1. The molecule has 5 heteroatoms. The van der Waals surface area contributed by atoms with Crippen LogP contribution in [0.15, 0.2) is 22.8 Å². The minimum atomic E-state index is 0.0552. The van der Waals surface area contributed by atoms with E-state index in [-0.39, 0.29) is 6.03 Å². The first-order chi connectivity index (χ1) is 8.25. The standard InChI is InChI=1S/C12H16BrN3O/c13-10-3-4-11(15-9-10)5-6-14-12(17)16-7-1-2-8-16/h3-4,9H,1-2,5-8H2,(H,14,17). The van der Waals surface area contributed by atoms with Crippen molar-refractivity contribution in [3.8, 4) is 0 Å². The number of nitrogens with zero attached hydrogens (tertiary/aromatic N) is 2. The van der Waals surface area contributed by atoms with Crippen LogP contribution in [0, 0.1) is 0 Å². The number of aromatic nitrogens is 1. The van der Waals surface area contributed by atoms with Crippen molar-refractivity contribution in [1.29, 1.82) is 0 Å². The lowest BCUT2D eigenvalue weighted by atomic mass is 10.3. The van der Waals surface area contributed by atoms with E-state index in [1.165, 1.54) is 0 Å². The molecule has 92 valence electrons. The molecule has 0 atom stereocenters. The molecule has 1 N–H and O–H groups in total. The number of pyridine rings is 1. The second-order valence-electron chi connectivity index (χ2n) is 4.14. The summed E-state index contributed by atoms with van der Waals surface area (Å²) in [6.45, 7) is 2.43. The number of likely N-dealkylation sites (tertiary alicyclic amines) is 1. The van der Waals surface area contributed by atoms with Gasteiger partial charge in [0.25, 0.3) is 0 Å². The van der Waals surface area contributed by atoms with Crippen LogP contribution in [-0.2, 0) is 6.42 Å². The van der Waals surface area contributed by atoms with E-state index in [2.05, 4.69) is 26.2 Å². The number of hydrogen-bond donors (Lipinski definition) is 1. The SMILES string of the molecule is O=C(NCCc1ccc(Br)cn1)N1CCCC1. The summed E-state index contributed by atoms with van der Waals surface area (Å²) in [5.41, 5.74) is 0.995. The van der Waals surface area contributed by atoms with Crippen LogP contribution in [0.5, 0.6) is 0 Å². The van der Waals surface area contributed by atoms with E-state index in [9.17, 15) is 4.79 Å². The second-order valence-corrected chi connectivity index (χ2v) is 5.06. The van der Waals surface area contributed by atoms with E-state index in [0.29, 0.717) is 6.54 Å². The Labute approximate surface area is 110 Å². The van der Waals surface area contributed by atoms with Gasteiger partial charge in [-0.15, -0.1) is 0 Å². The Morgan fingerprint density at radius 3 is 2.82 bits per heavy atom. The fourth-order valence-electron chi connectivity index (χ4n) is 1.88. The van der Waals surface area contributed by atoms with Gasteiger partial charge in [0.15, 0.2) is 0 Å². The number of carbonyl (C=O) groups is 1. The Bertz CT molecular complexity index is 374. The molecule has 1 aromatic rings. The number of carbonyl (C=O) groups excluding carboxylic acids is 1. The maximum absolute atomic E-state index is 11.7. The summed E-state index contributed by atoms with van der Waals surface area (Å²) in [7, 11) is 0. The van der Waals surface area contributed by atoms with Crippen molar-refractivity contribution >= 4 is 22.0 Å². The molecule has 0 aliphatic carbocycles. The summed E-state index contributed by atoms with van der Waals surface area (Å²) in [6.07, 6.45) is 4.80. The fourth-order valence-corrected chi connectivity index (χ4v) is 2.12. The number of amides is 2. The van der Waals surface area contributed by atoms with Crippen molar-refractivity contribution < 1.29 is 4.79 Å². The molecule has 0 aromatic carbocycles. The fraction of sp³-hybridized carbons (Fsp3) is 0.500. The lowest BCUT2D eigenvalue weighted by Crippen LogP contribution is -2.38. The highest BCUT2D eigenvalue weighted by Crippen LogP contribution is 2.08. The lowest BCUT2D eigenvalue weighted by Gasteiger charge is -2.15. The second kappa shape index (κ2) is 6.00. The number of halogens is 1. The molecule has 4 nitrogen and oxygen atoms in total. The molecule has 2 rings (SSSR count). The van der Waals surface area contributed by atoms with Gasteiger partial charge >= 0.3 is 6.03 Å². The van der Waals surface area contributed by atoms with Crippen molar-refractivity contribution in [2.24, 2.45) is 0 Å². The van der Waals surface area contributed by atoms with Gasteiger partial charge in [-0.25, -0.2) is 4.79 Å². The Morgan fingerprint density at radius 2 is 2.18 bits per heavy atom. The molecule has 1 saturated heterocycles. The molecule has 1 aromatic heterocycles. The molecule has 0 unspecified atom stereocenters. The molecule has 2 heterocycles. The summed E-state index contributed by atoms with van der Waals surface area (Å²) in [4.78, 5) is 17.8. The van der Waals surface area contributed by atoms with Crippen LogP contribution in [0.4, 0.5) is 4.79 Å². The molecule has 1 aliphatic heterocycles. The minimum Gasteiger partial charge on any atom is -0.338 e. The molecular formula is C12H16BrN3O. The van der Waals surface area contributed by atoms with E-state index in [0.717, 1.165) is 42.5 Å². The van der Waals surface area contributed by atoms with Crippen molar-refractivity contribution in [2.45, 2.75) is 19.3 Å². The summed E-state index contributed by atoms with van der Waals surface area (Å²) >= 11 is 3.34. The van der Waals surface area contributed by atoms with E-state index in [1.807, 2.05) is 17.0 Å². The van der Waals surface area contributed by atoms with Crippen LogP contribution in [0.25, 0.3) is 0 Å². The maximum Gasteiger partial charge on any atom is 0.317 e. The summed E-state index contributed by atoms with van der Waals surface area (Å²) < 4.78 is 0.974. The monoisotopic (exact) mass is 297 g/mol. The van der Waals surface area contributed by atoms with Crippen LogP contribution in [0.2, 0.25) is 0 Å². The van der Waals surface area contributed by atoms with Gasteiger partial charge in [0.1, 0.15) is 0 Å². The molecule has 2 amide bonds. The molecule has 0 saturated carbocycles. The first kappa shape index (κ1) is 12.4. The Balaban J connectivity index is 1.72. The largest absolute Gasteiger partial charge is 0.338 e. The van der Waals surface area contributed by atoms with Crippen LogP contribution < -0.4 is 5.32 Å².